The van der Waals surface area contributed by atoms with Crippen molar-refractivity contribution in [1.82, 2.24) is 15.8 Å². The molecule has 1 aromatic carbocycles. The van der Waals surface area contributed by atoms with Gasteiger partial charge in [-0.25, -0.2) is 10.9 Å². The van der Waals surface area contributed by atoms with Gasteiger partial charge in [0.1, 0.15) is 0 Å². The number of thioether (sulfide) groups is 2. The van der Waals surface area contributed by atoms with Crippen LogP contribution in [0.3, 0.4) is 0 Å². The van der Waals surface area contributed by atoms with E-state index < -0.39 is 17.8 Å². The van der Waals surface area contributed by atoms with Crippen LogP contribution in [-0.2, 0) is 6.18 Å². The Bertz CT molecular complexity index is 969. The van der Waals surface area contributed by atoms with Crippen molar-refractivity contribution < 1.29 is 27.9 Å². The van der Waals surface area contributed by atoms with Crippen LogP contribution in [0.4, 0.5) is 22.8 Å². The Morgan fingerprint density at radius 1 is 1.18 bits per heavy atom. The van der Waals surface area contributed by atoms with E-state index in [4.69, 9.17) is 0 Å². The lowest BCUT2D eigenvalue weighted by atomic mass is 10.0. The lowest BCUT2D eigenvalue weighted by Crippen LogP contribution is -2.35. The first-order valence-electron chi connectivity index (χ1n) is 9.93. The monoisotopic (exact) mass is 501 g/mol. The summed E-state index contributed by atoms with van der Waals surface area (Å²) in [5.41, 5.74) is 6.11. The number of hydrogen-bond acceptors (Lipinski definition) is 8. The zero-order valence-corrected chi connectivity index (χ0v) is 19.0. The molecule has 1 atom stereocenters. The lowest BCUT2D eigenvalue weighted by Gasteiger charge is -2.29. The molecule has 0 radical (unpaired) electrons. The van der Waals surface area contributed by atoms with E-state index in [1.54, 1.807) is 6.21 Å². The molecule has 0 fully saturated rings. The summed E-state index contributed by atoms with van der Waals surface area (Å²) in [5, 5.41) is 17.6. The Labute approximate surface area is 196 Å². The van der Waals surface area contributed by atoms with E-state index in [0.717, 1.165) is 35.2 Å². The van der Waals surface area contributed by atoms with E-state index >= 15 is 0 Å². The average molecular weight is 502 g/mol. The van der Waals surface area contributed by atoms with Crippen molar-refractivity contribution in [3.63, 3.8) is 0 Å². The number of benzene rings is 1. The maximum Gasteiger partial charge on any atom is 0.416 e. The van der Waals surface area contributed by atoms with Crippen LogP contribution in [0.1, 0.15) is 23.7 Å². The minimum Gasteiger partial charge on any atom is -0.387 e. The highest BCUT2D eigenvalue weighted by atomic mass is 32.2. The zero-order chi connectivity index (χ0) is 23.8. The van der Waals surface area contributed by atoms with Gasteiger partial charge in [-0.1, -0.05) is 41.7 Å². The van der Waals surface area contributed by atoms with Crippen molar-refractivity contribution in [1.29, 1.82) is 0 Å². The normalized spacial score (nSPS) is 20.0. The summed E-state index contributed by atoms with van der Waals surface area (Å²) in [4.78, 5) is 23.3. The minimum atomic E-state index is -4.42. The first kappa shape index (κ1) is 25.3. The third-order valence-electron chi connectivity index (χ3n) is 4.85. The van der Waals surface area contributed by atoms with Gasteiger partial charge in [-0.3, -0.25) is 14.5 Å². The van der Waals surface area contributed by atoms with Crippen molar-refractivity contribution in [3.8, 4) is 0 Å². The fraction of sp³-hybridized carbons (Fsp3) is 0.400. The molecule has 33 heavy (non-hydrogen) atoms. The van der Waals surface area contributed by atoms with Crippen LogP contribution in [-0.4, -0.2) is 63.6 Å². The maximum atomic E-state index is 12.8. The van der Waals surface area contributed by atoms with Gasteiger partial charge in [0.05, 0.1) is 17.4 Å². The number of amides is 2. The fourth-order valence-electron chi connectivity index (χ4n) is 3.17. The zero-order valence-electron chi connectivity index (χ0n) is 17.3. The highest BCUT2D eigenvalue weighted by Crippen LogP contribution is 2.31. The van der Waals surface area contributed by atoms with Gasteiger partial charge in [0.25, 0.3) is 10.5 Å². The van der Waals surface area contributed by atoms with E-state index in [9.17, 15) is 27.9 Å². The molecule has 0 bridgehead atoms. The van der Waals surface area contributed by atoms with Gasteiger partial charge < -0.3 is 5.11 Å². The Morgan fingerprint density at radius 3 is 2.52 bits per heavy atom. The highest BCUT2D eigenvalue weighted by Gasteiger charge is 2.31. The molecule has 178 valence electrons. The Morgan fingerprint density at radius 2 is 1.97 bits per heavy atom. The molecule has 3 aliphatic rings. The highest BCUT2D eigenvalue weighted by molar-refractivity contribution is 8.14. The quantitative estimate of drug-likeness (QED) is 0.582. The van der Waals surface area contributed by atoms with Crippen LogP contribution in [0.2, 0.25) is 0 Å². The number of hydrogen-bond donors (Lipinski definition) is 3. The van der Waals surface area contributed by atoms with Crippen LogP contribution in [0, 0.1) is 0 Å². The SMILES string of the molecule is O=C1NN=C(C2=CCN(CC(O)c3cccc(C(F)(F)F)c3)CC2)CS1.O=C1NN=CCS1. The number of carbonyl (C=O) groups excluding carboxylic acids is 2. The fourth-order valence-corrected chi connectivity index (χ4v) is 4.21. The van der Waals surface area contributed by atoms with Crippen molar-refractivity contribution >= 4 is 45.9 Å². The molecule has 0 aliphatic carbocycles. The van der Waals surface area contributed by atoms with E-state index in [1.807, 2.05) is 11.0 Å². The van der Waals surface area contributed by atoms with Gasteiger partial charge in [0.15, 0.2) is 0 Å². The second-order valence-corrected chi connectivity index (χ2v) is 9.09. The van der Waals surface area contributed by atoms with Gasteiger partial charge >= 0.3 is 6.18 Å². The molecule has 1 unspecified atom stereocenters. The van der Waals surface area contributed by atoms with Crippen LogP contribution in [0.25, 0.3) is 0 Å². The molecule has 8 nitrogen and oxygen atoms in total. The van der Waals surface area contributed by atoms with Crippen LogP contribution in [0.15, 0.2) is 46.1 Å². The van der Waals surface area contributed by atoms with Crippen LogP contribution >= 0.6 is 23.5 Å². The molecule has 13 heteroatoms. The summed E-state index contributed by atoms with van der Waals surface area (Å²) < 4.78 is 38.4. The number of halogens is 3. The summed E-state index contributed by atoms with van der Waals surface area (Å²) in [6.07, 6.45) is -1.06. The Hall–Kier alpha value is -2.35. The van der Waals surface area contributed by atoms with E-state index in [0.29, 0.717) is 31.0 Å². The van der Waals surface area contributed by atoms with E-state index in [1.165, 1.54) is 23.9 Å². The summed E-state index contributed by atoms with van der Waals surface area (Å²) in [6.45, 7) is 1.49. The molecule has 3 aliphatic heterocycles. The standard InChI is InChI=1S/C17H18F3N3O2S.C3H4N2OS/c18-17(19,20)13-3-1-2-12(8-13)15(24)9-23-6-4-11(5-7-23)14-10-26-16(25)22-21-14;6-3-5-4-1-2-7-3/h1-4,8,15,24H,5-7,9-10H2,(H,22,25);1H,2H2,(H,5,6). The lowest BCUT2D eigenvalue weighted by molar-refractivity contribution is -0.137. The topological polar surface area (TPSA) is 106 Å². The van der Waals surface area contributed by atoms with Crippen LogP contribution in [0.5, 0.6) is 0 Å². The molecule has 2 amide bonds. The van der Waals surface area contributed by atoms with Gasteiger partial charge in [0.2, 0.25) is 0 Å². The second kappa shape index (κ2) is 11.7. The van der Waals surface area contributed by atoms with Gasteiger partial charge in [-0.05, 0) is 29.7 Å². The third-order valence-corrected chi connectivity index (χ3v) is 6.29. The van der Waals surface area contributed by atoms with Crippen LogP contribution < -0.4 is 10.9 Å². The molecule has 0 aromatic heterocycles. The van der Waals surface area contributed by atoms with Gasteiger partial charge in [-0.2, -0.15) is 23.4 Å². The number of nitrogens with zero attached hydrogens (tertiary/aromatic N) is 3. The molecule has 1 aromatic rings. The first-order chi connectivity index (χ1) is 15.7. The molecule has 0 spiro atoms. The predicted octanol–water partition coefficient (Wildman–Crippen LogP) is 3.61. The molecule has 0 saturated carbocycles. The van der Waals surface area contributed by atoms with Gasteiger partial charge in [0, 0.05) is 37.4 Å². The van der Waals surface area contributed by atoms with Crippen molar-refractivity contribution in [2.75, 3.05) is 31.1 Å². The summed E-state index contributed by atoms with van der Waals surface area (Å²) >= 11 is 2.38. The van der Waals surface area contributed by atoms with E-state index in [2.05, 4.69) is 21.1 Å². The van der Waals surface area contributed by atoms with Crippen molar-refractivity contribution in [3.05, 3.63) is 47.0 Å². The number of aliphatic hydroxyl groups excluding tert-OH is 1. The summed E-state index contributed by atoms with van der Waals surface area (Å²) in [7, 11) is 0. The number of aliphatic hydroxyl groups is 1. The number of nitrogens with one attached hydrogen (secondary N) is 2. The second-order valence-electron chi connectivity index (χ2n) is 7.15. The van der Waals surface area contributed by atoms with Crippen molar-refractivity contribution in [2.45, 2.75) is 18.7 Å². The number of β-amino-alcohol motifs (C(OH)–C–C–N with tert-alkyl or cyclic N) is 1. The minimum absolute atomic E-state index is 0.0671. The summed E-state index contributed by atoms with van der Waals surface area (Å²) in [5.74, 6) is 1.23. The molecule has 3 heterocycles. The Kier molecular flexibility index (Phi) is 8.95. The molecule has 4 rings (SSSR count). The predicted molar refractivity (Wildman–Crippen MR) is 123 cm³/mol. The van der Waals surface area contributed by atoms with Crippen molar-refractivity contribution in [2.24, 2.45) is 10.2 Å². The number of rotatable bonds is 4. The molecular weight excluding hydrogens is 479 g/mol. The molecule has 0 saturated heterocycles. The maximum absolute atomic E-state index is 12.8. The number of carbonyl (C=O) groups is 2. The smallest absolute Gasteiger partial charge is 0.387 e. The first-order valence-corrected chi connectivity index (χ1v) is 11.9. The third kappa shape index (κ3) is 7.88. The largest absolute Gasteiger partial charge is 0.416 e. The number of hydrazone groups is 2. The van der Waals surface area contributed by atoms with Gasteiger partial charge in [-0.15, -0.1) is 0 Å². The summed E-state index contributed by atoms with van der Waals surface area (Å²) in [6, 6.07) is 4.80. The average Bonchev–Trinajstić information content (AvgIpc) is 2.81. The Balaban J connectivity index is 0.000000374. The molecular formula is C20H22F3N5O3S2. The number of alkyl halides is 3. The molecule has 3 N–H and O–H groups in total. The van der Waals surface area contributed by atoms with E-state index in [-0.39, 0.29) is 22.6 Å².